The lowest BCUT2D eigenvalue weighted by Crippen LogP contribution is -1.81. The zero-order chi connectivity index (χ0) is 5.86. The fraction of sp³-hybridized carbons (Fsp3) is 0.400. The van der Waals surface area contributed by atoms with Gasteiger partial charge < -0.3 is 5.11 Å². The first kappa shape index (κ1) is 6.21. The van der Waals surface area contributed by atoms with E-state index >= 15 is 0 Å². The number of carbonyl (C=O) groups excluding carboxylic acids is 1. The fourth-order valence-corrected chi connectivity index (χ4v) is 0.0853. The van der Waals surface area contributed by atoms with Gasteiger partial charge in [0.15, 0.2) is 0 Å². The van der Waals surface area contributed by atoms with Crippen molar-refractivity contribution in [3.05, 3.63) is 11.3 Å². The molecule has 0 radical (unpaired) electrons. The molecule has 0 spiro atoms. The number of carbonyl (C=O) groups is 1. The lowest BCUT2D eigenvalue weighted by atomic mass is 10.3. The SMILES string of the molecule is CC(O)=C(C)C=O. The Kier molecular flexibility index (Phi) is 2.12. The molecule has 0 aromatic carbocycles. The zero-order valence-corrected chi connectivity index (χ0v) is 4.43. The summed E-state index contributed by atoms with van der Waals surface area (Å²) in [6, 6.07) is 0. The molecule has 0 amide bonds. The van der Waals surface area contributed by atoms with Crippen molar-refractivity contribution in [3.8, 4) is 0 Å². The molecule has 0 saturated heterocycles. The van der Waals surface area contributed by atoms with Crippen molar-refractivity contribution in [1.29, 1.82) is 0 Å². The Hall–Kier alpha value is -0.790. The summed E-state index contributed by atoms with van der Waals surface area (Å²) in [5.41, 5.74) is 0.389. The average molecular weight is 100 g/mol. The summed E-state index contributed by atoms with van der Waals surface area (Å²) in [6.45, 7) is 3.03. The van der Waals surface area contributed by atoms with Crippen LogP contribution in [-0.2, 0) is 4.79 Å². The van der Waals surface area contributed by atoms with Crippen LogP contribution < -0.4 is 0 Å². The second-order valence-corrected chi connectivity index (χ2v) is 1.39. The first-order chi connectivity index (χ1) is 3.18. The van der Waals surface area contributed by atoms with E-state index in [-0.39, 0.29) is 5.76 Å². The Morgan fingerprint density at radius 2 is 2.00 bits per heavy atom. The van der Waals surface area contributed by atoms with Gasteiger partial charge in [0.25, 0.3) is 0 Å². The lowest BCUT2D eigenvalue weighted by Gasteiger charge is -1.86. The van der Waals surface area contributed by atoms with Crippen LogP contribution in [0.3, 0.4) is 0 Å². The van der Waals surface area contributed by atoms with Crippen molar-refractivity contribution in [2.75, 3.05) is 0 Å². The van der Waals surface area contributed by atoms with Crippen molar-refractivity contribution in [3.63, 3.8) is 0 Å². The minimum Gasteiger partial charge on any atom is -0.512 e. The van der Waals surface area contributed by atoms with Crippen LogP contribution in [0, 0.1) is 0 Å². The molecule has 0 rings (SSSR count). The van der Waals surface area contributed by atoms with Crippen molar-refractivity contribution in [1.82, 2.24) is 0 Å². The van der Waals surface area contributed by atoms with Crippen LogP contribution in [0.25, 0.3) is 0 Å². The van der Waals surface area contributed by atoms with Gasteiger partial charge in [-0.15, -0.1) is 0 Å². The molecule has 0 bridgehead atoms. The molecule has 0 aromatic rings. The highest BCUT2D eigenvalue weighted by molar-refractivity contribution is 5.72. The summed E-state index contributed by atoms with van der Waals surface area (Å²) < 4.78 is 0. The van der Waals surface area contributed by atoms with Crippen LogP contribution in [-0.4, -0.2) is 11.4 Å². The summed E-state index contributed by atoms with van der Waals surface area (Å²) in [6.07, 6.45) is 0.620. The van der Waals surface area contributed by atoms with Crippen LogP contribution >= 0.6 is 0 Å². The van der Waals surface area contributed by atoms with Crippen LogP contribution in [0.15, 0.2) is 11.3 Å². The number of allylic oxidation sites excluding steroid dienone is 2. The first-order valence-corrected chi connectivity index (χ1v) is 2.00. The van der Waals surface area contributed by atoms with Gasteiger partial charge in [-0.2, -0.15) is 0 Å². The molecular formula is C5H8O2. The smallest absolute Gasteiger partial charge is 0.149 e. The summed E-state index contributed by atoms with van der Waals surface area (Å²) in [5.74, 6) is 0.0926. The second-order valence-electron chi connectivity index (χ2n) is 1.39. The molecule has 0 saturated carbocycles. The highest BCUT2D eigenvalue weighted by Gasteiger charge is 1.86. The minimum absolute atomic E-state index is 0.0926. The standard InChI is InChI=1S/C5H8O2/c1-4(3-6)5(2)7/h3,7H,1-2H3. The normalized spacial score (nSPS) is 12.9. The molecule has 0 aliphatic carbocycles. The van der Waals surface area contributed by atoms with E-state index in [1.807, 2.05) is 0 Å². The summed E-state index contributed by atoms with van der Waals surface area (Å²) in [5, 5.41) is 8.47. The monoisotopic (exact) mass is 100 g/mol. The maximum absolute atomic E-state index is 9.73. The molecule has 0 atom stereocenters. The van der Waals surface area contributed by atoms with Gasteiger partial charge in [0.2, 0.25) is 0 Å². The topological polar surface area (TPSA) is 37.3 Å². The van der Waals surface area contributed by atoms with Crippen molar-refractivity contribution >= 4 is 6.29 Å². The minimum atomic E-state index is 0.0926. The van der Waals surface area contributed by atoms with E-state index in [9.17, 15) is 4.79 Å². The lowest BCUT2D eigenvalue weighted by molar-refractivity contribution is -0.105. The molecule has 0 aromatic heterocycles. The third kappa shape index (κ3) is 1.98. The van der Waals surface area contributed by atoms with E-state index in [1.165, 1.54) is 6.92 Å². The van der Waals surface area contributed by atoms with Crippen LogP contribution in [0.1, 0.15) is 13.8 Å². The number of aldehydes is 1. The molecule has 1 N–H and O–H groups in total. The Balaban J connectivity index is 3.98. The number of aliphatic hydroxyl groups excluding tert-OH is 1. The van der Waals surface area contributed by atoms with Crippen LogP contribution in [0.4, 0.5) is 0 Å². The molecule has 0 unspecified atom stereocenters. The van der Waals surface area contributed by atoms with Crippen molar-refractivity contribution < 1.29 is 9.90 Å². The molecule has 2 heteroatoms. The van der Waals surface area contributed by atoms with Crippen LogP contribution in [0.2, 0.25) is 0 Å². The predicted octanol–water partition coefficient (Wildman–Crippen LogP) is 1.04. The van der Waals surface area contributed by atoms with Crippen molar-refractivity contribution in [2.24, 2.45) is 0 Å². The van der Waals surface area contributed by atoms with Gasteiger partial charge in [-0.1, -0.05) is 0 Å². The van der Waals surface area contributed by atoms with Gasteiger partial charge in [0, 0.05) is 5.57 Å². The summed E-state index contributed by atoms with van der Waals surface area (Å²) in [7, 11) is 0. The zero-order valence-electron chi connectivity index (χ0n) is 4.43. The maximum atomic E-state index is 9.73. The Morgan fingerprint density at radius 3 is 2.00 bits per heavy atom. The van der Waals surface area contributed by atoms with Gasteiger partial charge in [-0.25, -0.2) is 0 Å². The summed E-state index contributed by atoms with van der Waals surface area (Å²) in [4.78, 5) is 9.73. The molecule has 2 nitrogen and oxygen atoms in total. The molecule has 0 aliphatic rings. The van der Waals surface area contributed by atoms with Gasteiger partial charge >= 0.3 is 0 Å². The van der Waals surface area contributed by atoms with Gasteiger partial charge in [-0.05, 0) is 13.8 Å². The summed E-state index contributed by atoms with van der Waals surface area (Å²) >= 11 is 0. The number of aliphatic hydroxyl groups is 1. The number of hydrogen-bond donors (Lipinski definition) is 1. The van der Waals surface area contributed by atoms with E-state index in [4.69, 9.17) is 5.11 Å². The Labute approximate surface area is 42.5 Å². The van der Waals surface area contributed by atoms with Crippen molar-refractivity contribution in [2.45, 2.75) is 13.8 Å². The molecule has 7 heavy (non-hydrogen) atoms. The molecule has 40 valence electrons. The average Bonchev–Trinajstić information content (AvgIpc) is 1.65. The fourth-order valence-electron chi connectivity index (χ4n) is 0.0853. The van der Waals surface area contributed by atoms with Gasteiger partial charge in [0.05, 0.1) is 5.76 Å². The molecule has 0 heterocycles. The second kappa shape index (κ2) is 2.39. The van der Waals surface area contributed by atoms with E-state index in [0.717, 1.165) is 0 Å². The Bertz CT molecular complexity index is 98.6. The van der Waals surface area contributed by atoms with E-state index in [0.29, 0.717) is 11.9 Å². The third-order valence-electron chi connectivity index (χ3n) is 0.747. The van der Waals surface area contributed by atoms with E-state index in [1.54, 1.807) is 6.92 Å². The van der Waals surface area contributed by atoms with E-state index in [2.05, 4.69) is 0 Å². The number of hydrogen-bond acceptors (Lipinski definition) is 2. The number of rotatable bonds is 1. The predicted molar refractivity (Wildman–Crippen MR) is 27.1 cm³/mol. The van der Waals surface area contributed by atoms with Gasteiger partial charge in [-0.3, -0.25) is 4.79 Å². The maximum Gasteiger partial charge on any atom is 0.149 e. The molecular weight excluding hydrogens is 92.1 g/mol. The molecule has 0 fully saturated rings. The van der Waals surface area contributed by atoms with E-state index < -0.39 is 0 Å². The third-order valence-corrected chi connectivity index (χ3v) is 0.747. The highest BCUT2D eigenvalue weighted by atomic mass is 16.3. The molecule has 0 aliphatic heterocycles. The van der Waals surface area contributed by atoms with Crippen LogP contribution in [0.5, 0.6) is 0 Å². The van der Waals surface area contributed by atoms with Gasteiger partial charge in [0.1, 0.15) is 6.29 Å². The first-order valence-electron chi connectivity index (χ1n) is 2.00. The Morgan fingerprint density at radius 1 is 1.57 bits per heavy atom. The quantitative estimate of drug-likeness (QED) is 0.303. The largest absolute Gasteiger partial charge is 0.512 e. The highest BCUT2D eigenvalue weighted by Crippen LogP contribution is 1.91.